The van der Waals surface area contributed by atoms with Gasteiger partial charge in [0.25, 0.3) is 0 Å². The lowest BCUT2D eigenvalue weighted by molar-refractivity contribution is -0.132. The van der Waals surface area contributed by atoms with Gasteiger partial charge in [-0.15, -0.1) is 0 Å². The van der Waals surface area contributed by atoms with E-state index in [0.29, 0.717) is 12.0 Å². The second-order valence-electron chi connectivity index (χ2n) is 7.34. The minimum Gasteiger partial charge on any atom is -0.478 e. The van der Waals surface area contributed by atoms with Crippen molar-refractivity contribution in [1.29, 1.82) is 0 Å². The summed E-state index contributed by atoms with van der Waals surface area (Å²) in [4.78, 5) is 11.3. The van der Waals surface area contributed by atoms with E-state index in [1.54, 1.807) is 0 Å². The van der Waals surface area contributed by atoms with Crippen LogP contribution in [0.2, 0.25) is 0 Å². The van der Waals surface area contributed by atoms with E-state index in [1.165, 1.54) is 11.1 Å². The first-order valence-electron chi connectivity index (χ1n) is 8.66. The van der Waals surface area contributed by atoms with Gasteiger partial charge in [0.2, 0.25) is 0 Å². The van der Waals surface area contributed by atoms with Gasteiger partial charge in [-0.25, -0.2) is 4.79 Å². The van der Waals surface area contributed by atoms with Crippen LogP contribution in [0.3, 0.4) is 0 Å². The molecule has 0 aliphatic heterocycles. The molecule has 130 valence electrons. The van der Waals surface area contributed by atoms with Crippen LogP contribution in [0, 0.1) is 5.92 Å². The predicted molar refractivity (Wildman–Crippen MR) is 95.3 cm³/mol. The molecule has 0 fully saturated rings. The third-order valence-corrected chi connectivity index (χ3v) is 4.75. The van der Waals surface area contributed by atoms with E-state index in [4.69, 9.17) is 0 Å². The molecule has 3 heteroatoms. The Kier molecular flexibility index (Phi) is 7.77. The average molecular weight is 320 g/mol. The molecule has 0 aromatic carbocycles. The molecule has 2 N–H and O–H groups in total. The number of carboxylic acids is 1. The molecule has 0 amide bonds. The molecular formula is C20H32O3. The van der Waals surface area contributed by atoms with E-state index in [1.807, 2.05) is 19.9 Å². The van der Waals surface area contributed by atoms with Crippen LogP contribution in [0.1, 0.15) is 72.6 Å². The van der Waals surface area contributed by atoms with Crippen LogP contribution in [0.4, 0.5) is 0 Å². The van der Waals surface area contributed by atoms with Crippen molar-refractivity contribution in [2.45, 2.75) is 78.2 Å². The fourth-order valence-corrected chi connectivity index (χ4v) is 2.95. The summed E-state index contributed by atoms with van der Waals surface area (Å²) in [5, 5.41) is 19.7. The second kappa shape index (κ2) is 9.07. The molecule has 1 atom stereocenters. The number of rotatable bonds is 2. The van der Waals surface area contributed by atoms with E-state index in [2.05, 4.69) is 26.0 Å². The summed E-state index contributed by atoms with van der Waals surface area (Å²) < 4.78 is 0. The molecular weight excluding hydrogens is 288 g/mol. The monoisotopic (exact) mass is 320 g/mol. The highest BCUT2D eigenvalue weighted by atomic mass is 16.4. The van der Waals surface area contributed by atoms with Crippen LogP contribution < -0.4 is 0 Å². The molecule has 1 rings (SSSR count). The predicted octanol–water partition coefficient (Wildman–Crippen LogP) is 5.02. The van der Waals surface area contributed by atoms with Crippen LogP contribution in [0.15, 0.2) is 34.9 Å². The van der Waals surface area contributed by atoms with Crippen LogP contribution in [0.25, 0.3) is 0 Å². The highest BCUT2D eigenvalue weighted by molar-refractivity contribution is 5.86. The maximum atomic E-state index is 11.3. The van der Waals surface area contributed by atoms with Crippen LogP contribution in [-0.2, 0) is 4.79 Å². The van der Waals surface area contributed by atoms with Crippen molar-refractivity contribution < 1.29 is 15.0 Å². The Bertz CT molecular complexity index is 490. The first kappa shape index (κ1) is 19.7. The number of allylic oxidation sites excluding steroid dienone is 5. The summed E-state index contributed by atoms with van der Waals surface area (Å²) >= 11 is 0. The normalized spacial score (nSPS) is 22.5. The lowest BCUT2D eigenvalue weighted by Crippen LogP contribution is -2.30. The Balaban J connectivity index is 2.92. The number of carbonyl (C=O) groups is 1. The van der Waals surface area contributed by atoms with E-state index in [-0.39, 0.29) is 5.92 Å². The maximum Gasteiger partial charge on any atom is 0.331 e. The molecule has 1 unspecified atom stereocenters. The number of hydrogen-bond donors (Lipinski definition) is 2. The third kappa shape index (κ3) is 7.65. The molecule has 0 saturated carbocycles. The topological polar surface area (TPSA) is 57.5 Å². The molecule has 0 aromatic rings. The lowest BCUT2D eigenvalue weighted by atomic mass is 9.83. The van der Waals surface area contributed by atoms with Crippen LogP contribution in [-0.4, -0.2) is 21.8 Å². The molecule has 0 saturated heterocycles. The average Bonchev–Trinajstić information content (AvgIpc) is 2.43. The van der Waals surface area contributed by atoms with Gasteiger partial charge < -0.3 is 10.2 Å². The van der Waals surface area contributed by atoms with Crippen LogP contribution >= 0.6 is 0 Å². The minimum absolute atomic E-state index is 0.244. The standard InChI is InChI=1S/C20H32O3/c1-15-7-5-9-17(19(21)22)10-6-8-16(2)12-14-18(13-11-15)20(3,4)23/h7,10,12,18,23H,5-6,8-9,11,13-14H2,1-4H3,(H,21,22). The van der Waals surface area contributed by atoms with Gasteiger partial charge in [-0.1, -0.05) is 29.4 Å². The Morgan fingerprint density at radius 2 is 1.65 bits per heavy atom. The molecule has 0 aromatic heterocycles. The van der Waals surface area contributed by atoms with Crippen molar-refractivity contribution in [2.24, 2.45) is 5.92 Å². The molecule has 0 spiro atoms. The zero-order valence-electron chi connectivity index (χ0n) is 15.1. The number of aliphatic carboxylic acids is 1. The fourth-order valence-electron chi connectivity index (χ4n) is 2.95. The Morgan fingerprint density at radius 3 is 2.26 bits per heavy atom. The van der Waals surface area contributed by atoms with E-state index >= 15 is 0 Å². The molecule has 1 aliphatic rings. The SMILES string of the molecule is CC1=CCC(C(C)(C)O)CCC(C)=CCCC(C(=O)O)=CCC1. The smallest absolute Gasteiger partial charge is 0.331 e. The lowest BCUT2D eigenvalue weighted by Gasteiger charge is -2.29. The first-order chi connectivity index (χ1) is 10.7. The number of hydrogen-bond acceptors (Lipinski definition) is 2. The van der Waals surface area contributed by atoms with Crippen molar-refractivity contribution in [3.63, 3.8) is 0 Å². The van der Waals surface area contributed by atoms with Gasteiger partial charge in [0.15, 0.2) is 0 Å². The maximum absolute atomic E-state index is 11.3. The van der Waals surface area contributed by atoms with Crippen LogP contribution in [0.5, 0.6) is 0 Å². The Labute approximate surface area is 140 Å². The Morgan fingerprint density at radius 1 is 1.04 bits per heavy atom. The van der Waals surface area contributed by atoms with Gasteiger partial charge in [0.1, 0.15) is 0 Å². The number of carboxylic acid groups (broad SMARTS) is 1. The highest BCUT2D eigenvalue weighted by Crippen LogP contribution is 2.28. The van der Waals surface area contributed by atoms with Gasteiger partial charge >= 0.3 is 5.97 Å². The molecule has 3 nitrogen and oxygen atoms in total. The van der Waals surface area contributed by atoms with E-state index in [0.717, 1.165) is 38.5 Å². The first-order valence-corrected chi connectivity index (χ1v) is 8.66. The Hall–Kier alpha value is -1.35. The zero-order valence-corrected chi connectivity index (χ0v) is 15.1. The van der Waals surface area contributed by atoms with Gasteiger partial charge in [-0.3, -0.25) is 0 Å². The largest absolute Gasteiger partial charge is 0.478 e. The second-order valence-corrected chi connectivity index (χ2v) is 7.34. The minimum atomic E-state index is -0.799. The van der Waals surface area contributed by atoms with Crippen molar-refractivity contribution >= 4 is 5.97 Å². The summed E-state index contributed by atoms with van der Waals surface area (Å²) in [5.41, 5.74) is 2.39. The van der Waals surface area contributed by atoms with E-state index in [9.17, 15) is 15.0 Å². The zero-order chi connectivity index (χ0) is 17.5. The molecule has 1 aliphatic carbocycles. The number of aliphatic hydroxyl groups is 1. The summed E-state index contributed by atoms with van der Waals surface area (Å²) in [6.07, 6.45) is 12.0. The van der Waals surface area contributed by atoms with Crippen molar-refractivity contribution in [2.75, 3.05) is 0 Å². The molecule has 0 bridgehead atoms. The fraction of sp³-hybridized carbons (Fsp3) is 0.650. The quantitative estimate of drug-likeness (QED) is 0.702. The van der Waals surface area contributed by atoms with Gasteiger partial charge in [-0.2, -0.15) is 0 Å². The third-order valence-electron chi connectivity index (χ3n) is 4.75. The van der Waals surface area contributed by atoms with Crippen molar-refractivity contribution in [1.82, 2.24) is 0 Å². The van der Waals surface area contributed by atoms with Crippen molar-refractivity contribution in [3.8, 4) is 0 Å². The summed E-state index contributed by atoms with van der Waals surface area (Å²) in [6.45, 7) is 7.97. The molecule has 23 heavy (non-hydrogen) atoms. The van der Waals surface area contributed by atoms with Gasteiger partial charge in [0, 0.05) is 5.57 Å². The molecule has 0 heterocycles. The summed E-state index contributed by atoms with van der Waals surface area (Å²) in [6, 6.07) is 0. The van der Waals surface area contributed by atoms with Crippen molar-refractivity contribution in [3.05, 3.63) is 34.9 Å². The van der Waals surface area contributed by atoms with Gasteiger partial charge in [0.05, 0.1) is 5.60 Å². The van der Waals surface area contributed by atoms with Gasteiger partial charge in [-0.05, 0) is 78.6 Å². The summed E-state index contributed by atoms with van der Waals surface area (Å²) in [7, 11) is 0. The molecule has 0 radical (unpaired) electrons. The summed E-state index contributed by atoms with van der Waals surface area (Å²) in [5.74, 6) is -0.555. The van der Waals surface area contributed by atoms with E-state index < -0.39 is 11.6 Å². The highest BCUT2D eigenvalue weighted by Gasteiger charge is 2.25.